The minimum atomic E-state index is -0.537. The number of benzene rings is 1. The molecular formula is C13H16N4OS. The van der Waals surface area contributed by atoms with Crippen molar-refractivity contribution >= 4 is 28.6 Å². The Balaban J connectivity index is 2.21. The van der Waals surface area contributed by atoms with Crippen LogP contribution in [0.1, 0.15) is 29.2 Å². The van der Waals surface area contributed by atoms with E-state index in [0.29, 0.717) is 16.9 Å². The molecule has 6 heteroatoms. The zero-order valence-corrected chi connectivity index (χ0v) is 11.6. The molecule has 0 spiro atoms. The lowest BCUT2D eigenvalue weighted by Crippen LogP contribution is -2.40. The molecule has 0 aliphatic heterocycles. The SMILES string of the molecule is CC(C)(NC(=O)c1cc(N)cc(N)c1)c1nccs1. The van der Waals surface area contributed by atoms with Crippen LogP contribution in [0.4, 0.5) is 11.4 Å². The molecule has 5 N–H and O–H groups in total. The number of carbonyl (C=O) groups excluding carboxylic acids is 1. The summed E-state index contributed by atoms with van der Waals surface area (Å²) in [6.45, 7) is 3.80. The first-order chi connectivity index (χ1) is 8.88. The van der Waals surface area contributed by atoms with Gasteiger partial charge in [-0.2, -0.15) is 0 Å². The maximum Gasteiger partial charge on any atom is 0.252 e. The molecule has 2 rings (SSSR count). The fourth-order valence-electron chi connectivity index (χ4n) is 1.75. The van der Waals surface area contributed by atoms with Crippen molar-refractivity contribution in [3.8, 4) is 0 Å². The number of nitrogen functional groups attached to an aromatic ring is 2. The fraction of sp³-hybridized carbons (Fsp3) is 0.231. The van der Waals surface area contributed by atoms with Crippen molar-refractivity contribution in [3.05, 3.63) is 40.3 Å². The highest BCUT2D eigenvalue weighted by molar-refractivity contribution is 7.09. The van der Waals surface area contributed by atoms with Gasteiger partial charge in [0.1, 0.15) is 5.01 Å². The lowest BCUT2D eigenvalue weighted by molar-refractivity contribution is 0.0912. The summed E-state index contributed by atoms with van der Waals surface area (Å²) in [6.07, 6.45) is 1.71. The van der Waals surface area contributed by atoms with Gasteiger partial charge in [0, 0.05) is 28.5 Å². The third-order valence-electron chi connectivity index (χ3n) is 2.63. The number of rotatable bonds is 3. The summed E-state index contributed by atoms with van der Waals surface area (Å²) in [7, 11) is 0. The highest BCUT2D eigenvalue weighted by atomic mass is 32.1. The molecule has 0 radical (unpaired) electrons. The number of carbonyl (C=O) groups is 1. The molecule has 0 saturated carbocycles. The smallest absolute Gasteiger partial charge is 0.252 e. The number of thiazole rings is 1. The topological polar surface area (TPSA) is 94.0 Å². The van der Waals surface area contributed by atoms with Gasteiger partial charge in [-0.3, -0.25) is 4.79 Å². The van der Waals surface area contributed by atoms with Crippen molar-refractivity contribution in [2.45, 2.75) is 19.4 Å². The molecule has 0 aliphatic carbocycles. The van der Waals surface area contributed by atoms with Crippen LogP contribution in [-0.2, 0) is 5.54 Å². The standard InChI is InChI=1S/C13H16N4OS/c1-13(2,12-16-3-4-19-12)17-11(18)8-5-9(14)7-10(15)6-8/h3-7H,14-15H2,1-2H3,(H,17,18). The van der Waals surface area contributed by atoms with E-state index in [2.05, 4.69) is 10.3 Å². The first kappa shape index (κ1) is 13.4. The summed E-state index contributed by atoms with van der Waals surface area (Å²) in [6, 6.07) is 4.82. The first-order valence-electron chi connectivity index (χ1n) is 5.77. The molecule has 1 aromatic heterocycles. The molecule has 0 fully saturated rings. The molecule has 2 aromatic rings. The second kappa shape index (κ2) is 4.89. The van der Waals surface area contributed by atoms with Gasteiger partial charge in [0.05, 0.1) is 5.54 Å². The number of amides is 1. The van der Waals surface area contributed by atoms with Gasteiger partial charge in [0.2, 0.25) is 0 Å². The second-order valence-corrected chi connectivity index (χ2v) is 5.70. The summed E-state index contributed by atoms with van der Waals surface area (Å²) in [5.41, 5.74) is 12.2. The third-order valence-corrected chi connectivity index (χ3v) is 3.73. The summed E-state index contributed by atoms with van der Waals surface area (Å²) >= 11 is 1.50. The number of nitrogens with zero attached hydrogens (tertiary/aromatic N) is 1. The van der Waals surface area contributed by atoms with Gasteiger partial charge in [0.15, 0.2) is 0 Å². The van der Waals surface area contributed by atoms with Gasteiger partial charge < -0.3 is 16.8 Å². The highest BCUT2D eigenvalue weighted by Crippen LogP contribution is 2.23. The van der Waals surface area contributed by atoms with Gasteiger partial charge in [-0.15, -0.1) is 11.3 Å². The number of hydrogen-bond acceptors (Lipinski definition) is 5. The van der Waals surface area contributed by atoms with Gasteiger partial charge >= 0.3 is 0 Å². The van der Waals surface area contributed by atoms with Crippen molar-refractivity contribution in [2.24, 2.45) is 0 Å². The molecular weight excluding hydrogens is 260 g/mol. The molecule has 5 nitrogen and oxygen atoms in total. The minimum Gasteiger partial charge on any atom is -0.399 e. The van der Waals surface area contributed by atoms with E-state index >= 15 is 0 Å². The van der Waals surface area contributed by atoms with Crippen molar-refractivity contribution in [1.82, 2.24) is 10.3 Å². The van der Waals surface area contributed by atoms with E-state index in [9.17, 15) is 4.79 Å². The summed E-state index contributed by atoms with van der Waals surface area (Å²) in [4.78, 5) is 16.4. The minimum absolute atomic E-state index is 0.223. The van der Waals surface area contributed by atoms with Gasteiger partial charge in [-0.1, -0.05) is 0 Å². The van der Waals surface area contributed by atoms with E-state index in [0.717, 1.165) is 5.01 Å². The second-order valence-electron chi connectivity index (χ2n) is 4.80. The number of hydrogen-bond donors (Lipinski definition) is 3. The number of aromatic nitrogens is 1. The Bertz CT molecular complexity index is 572. The molecule has 0 atom stereocenters. The highest BCUT2D eigenvalue weighted by Gasteiger charge is 2.26. The van der Waals surface area contributed by atoms with E-state index in [1.807, 2.05) is 19.2 Å². The van der Waals surface area contributed by atoms with Crippen molar-refractivity contribution in [2.75, 3.05) is 11.5 Å². The molecule has 0 aliphatic rings. The van der Waals surface area contributed by atoms with Crippen LogP contribution in [0.3, 0.4) is 0 Å². The molecule has 0 bridgehead atoms. The van der Waals surface area contributed by atoms with E-state index in [-0.39, 0.29) is 5.91 Å². The van der Waals surface area contributed by atoms with Crippen LogP contribution in [0.15, 0.2) is 29.8 Å². The lowest BCUT2D eigenvalue weighted by Gasteiger charge is -2.24. The third kappa shape index (κ3) is 3.03. The number of anilines is 2. The summed E-state index contributed by atoms with van der Waals surface area (Å²) in [5.74, 6) is -0.223. The van der Waals surface area contributed by atoms with E-state index in [1.54, 1.807) is 24.4 Å². The fourth-order valence-corrected chi connectivity index (χ4v) is 2.47. The van der Waals surface area contributed by atoms with Gasteiger partial charge in [0.25, 0.3) is 5.91 Å². The summed E-state index contributed by atoms with van der Waals surface area (Å²) < 4.78 is 0. The van der Waals surface area contributed by atoms with Crippen molar-refractivity contribution in [3.63, 3.8) is 0 Å². The largest absolute Gasteiger partial charge is 0.399 e. The van der Waals surface area contributed by atoms with Crippen molar-refractivity contribution < 1.29 is 4.79 Å². The Morgan fingerprint density at radius 1 is 1.26 bits per heavy atom. The zero-order chi connectivity index (χ0) is 14.0. The number of nitrogens with two attached hydrogens (primary N) is 2. The first-order valence-corrected chi connectivity index (χ1v) is 6.65. The van der Waals surface area contributed by atoms with Crippen LogP contribution < -0.4 is 16.8 Å². The van der Waals surface area contributed by atoms with Crippen LogP contribution in [0, 0.1) is 0 Å². The molecule has 0 unspecified atom stereocenters. The van der Waals surface area contributed by atoms with Crippen molar-refractivity contribution in [1.29, 1.82) is 0 Å². The Labute approximate surface area is 115 Å². The monoisotopic (exact) mass is 276 g/mol. The Morgan fingerprint density at radius 2 is 1.89 bits per heavy atom. The van der Waals surface area contributed by atoms with E-state index in [1.165, 1.54) is 11.3 Å². The summed E-state index contributed by atoms with van der Waals surface area (Å²) in [5, 5.41) is 5.65. The van der Waals surface area contributed by atoms with E-state index < -0.39 is 5.54 Å². The van der Waals surface area contributed by atoms with Crippen LogP contribution >= 0.6 is 11.3 Å². The maximum absolute atomic E-state index is 12.2. The predicted molar refractivity (Wildman–Crippen MR) is 77.9 cm³/mol. The molecule has 1 aromatic carbocycles. The Morgan fingerprint density at radius 3 is 2.42 bits per heavy atom. The molecule has 1 amide bonds. The van der Waals surface area contributed by atoms with E-state index in [4.69, 9.17) is 11.5 Å². The van der Waals surface area contributed by atoms with Gasteiger partial charge in [-0.05, 0) is 32.0 Å². The average Bonchev–Trinajstić information content (AvgIpc) is 2.80. The number of nitrogens with one attached hydrogen (secondary N) is 1. The molecule has 1 heterocycles. The lowest BCUT2D eigenvalue weighted by atomic mass is 10.1. The Hall–Kier alpha value is -2.08. The molecule has 19 heavy (non-hydrogen) atoms. The normalized spacial score (nSPS) is 11.3. The predicted octanol–water partition coefficient (Wildman–Crippen LogP) is 1.97. The Kier molecular flexibility index (Phi) is 3.44. The van der Waals surface area contributed by atoms with Crippen LogP contribution in [0.5, 0.6) is 0 Å². The van der Waals surface area contributed by atoms with Crippen LogP contribution in [0.25, 0.3) is 0 Å². The van der Waals surface area contributed by atoms with Crippen LogP contribution in [0.2, 0.25) is 0 Å². The van der Waals surface area contributed by atoms with Gasteiger partial charge in [-0.25, -0.2) is 4.98 Å². The average molecular weight is 276 g/mol. The zero-order valence-electron chi connectivity index (χ0n) is 10.8. The molecule has 0 saturated heterocycles. The van der Waals surface area contributed by atoms with Crippen LogP contribution in [-0.4, -0.2) is 10.9 Å². The molecule has 100 valence electrons. The quantitative estimate of drug-likeness (QED) is 0.747. The maximum atomic E-state index is 12.2.